The zero-order valence-electron chi connectivity index (χ0n) is 10.9. The molecule has 0 radical (unpaired) electrons. The fourth-order valence-electron chi connectivity index (χ4n) is 1.66. The van der Waals surface area contributed by atoms with Crippen LogP contribution in [0.15, 0.2) is 47.5 Å². The van der Waals surface area contributed by atoms with E-state index in [4.69, 9.17) is 0 Å². The number of anilines is 1. The maximum atomic E-state index is 13.7. The first-order chi connectivity index (χ1) is 9.58. The minimum atomic E-state index is -0.493. The number of pyridine rings is 1. The van der Waals surface area contributed by atoms with Gasteiger partial charge in [-0.25, -0.2) is 9.18 Å². The van der Waals surface area contributed by atoms with Crippen LogP contribution < -0.4 is 10.2 Å². The summed E-state index contributed by atoms with van der Waals surface area (Å²) in [5, 5.41) is 2.68. The third-order valence-electron chi connectivity index (χ3n) is 2.74. The number of carbonyl (C=O) groups excluding carboxylic acids is 1. The second-order valence-electron chi connectivity index (χ2n) is 4.17. The molecule has 0 fully saturated rings. The molecule has 104 valence electrons. The number of rotatable bonds is 3. The number of hydrogen-bond donors (Lipinski definition) is 2. The number of thiol groups is 1. The van der Waals surface area contributed by atoms with Gasteiger partial charge >= 0.3 is 6.03 Å². The molecule has 0 aliphatic heterocycles. The molecule has 0 bridgehead atoms. The molecule has 2 aromatic rings. The molecular weight excluding hydrogens is 277 g/mol. The fourth-order valence-corrected chi connectivity index (χ4v) is 1.85. The number of nitrogens with one attached hydrogen (secondary N) is 1. The van der Waals surface area contributed by atoms with Gasteiger partial charge in [-0.15, -0.1) is 12.6 Å². The third-order valence-corrected chi connectivity index (χ3v) is 3.02. The lowest BCUT2D eigenvalue weighted by Gasteiger charge is -2.18. The smallest absolute Gasteiger partial charge is 0.322 e. The summed E-state index contributed by atoms with van der Waals surface area (Å²) in [5.41, 5.74) is 0.932. The molecule has 0 aliphatic carbocycles. The van der Waals surface area contributed by atoms with Gasteiger partial charge in [0.1, 0.15) is 5.82 Å². The van der Waals surface area contributed by atoms with Crippen molar-refractivity contribution < 1.29 is 9.18 Å². The Morgan fingerprint density at radius 1 is 1.40 bits per heavy atom. The first kappa shape index (κ1) is 14.3. The van der Waals surface area contributed by atoms with E-state index < -0.39 is 11.8 Å². The molecule has 1 aromatic heterocycles. The number of carbonyl (C=O) groups is 1. The monoisotopic (exact) mass is 291 g/mol. The quantitative estimate of drug-likeness (QED) is 0.854. The van der Waals surface area contributed by atoms with Gasteiger partial charge < -0.3 is 5.32 Å². The van der Waals surface area contributed by atoms with Crippen LogP contribution in [0.2, 0.25) is 0 Å². The van der Waals surface area contributed by atoms with E-state index in [0.29, 0.717) is 4.90 Å². The molecule has 20 heavy (non-hydrogen) atoms. The van der Waals surface area contributed by atoms with E-state index in [2.05, 4.69) is 22.9 Å². The van der Waals surface area contributed by atoms with Crippen molar-refractivity contribution in [2.24, 2.45) is 0 Å². The van der Waals surface area contributed by atoms with Crippen LogP contribution in [0.1, 0.15) is 5.69 Å². The lowest BCUT2D eigenvalue weighted by atomic mass is 10.3. The van der Waals surface area contributed by atoms with Crippen molar-refractivity contribution in [3.8, 4) is 0 Å². The normalized spacial score (nSPS) is 10.2. The van der Waals surface area contributed by atoms with E-state index >= 15 is 0 Å². The van der Waals surface area contributed by atoms with E-state index in [1.54, 1.807) is 24.4 Å². The number of benzene rings is 1. The Kier molecular flexibility index (Phi) is 4.57. The molecule has 1 aromatic carbocycles. The average Bonchev–Trinajstić information content (AvgIpc) is 2.45. The van der Waals surface area contributed by atoms with Crippen LogP contribution in [0.3, 0.4) is 0 Å². The number of halogens is 1. The van der Waals surface area contributed by atoms with Crippen molar-refractivity contribution >= 4 is 24.3 Å². The minimum Gasteiger partial charge on any atom is -0.332 e. The van der Waals surface area contributed by atoms with Crippen LogP contribution in [0.25, 0.3) is 0 Å². The molecule has 6 heteroatoms. The highest BCUT2D eigenvalue weighted by molar-refractivity contribution is 7.80. The van der Waals surface area contributed by atoms with Gasteiger partial charge in [0.25, 0.3) is 0 Å². The van der Waals surface area contributed by atoms with Gasteiger partial charge in [-0.05, 0) is 30.3 Å². The Hall–Kier alpha value is -2.08. The summed E-state index contributed by atoms with van der Waals surface area (Å²) in [7, 11) is 1.50. The van der Waals surface area contributed by atoms with Crippen LogP contribution in [0.4, 0.5) is 14.9 Å². The first-order valence-corrected chi connectivity index (χ1v) is 6.42. The summed E-state index contributed by atoms with van der Waals surface area (Å²) in [6.07, 6.45) is 1.65. The molecule has 2 rings (SSSR count). The molecule has 0 saturated heterocycles. The molecule has 0 saturated carbocycles. The van der Waals surface area contributed by atoms with Crippen molar-refractivity contribution in [3.05, 3.63) is 54.1 Å². The van der Waals surface area contributed by atoms with Crippen LogP contribution in [-0.4, -0.2) is 18.1 Å². The highest BCUT2D eigenvalue weighted by Crippen LogP contribution is 2.21. The Bertz CT molecular complexity index is 607. The van der Waals surface area contributed by atoms with E-state index in [0.717, 1.165) is 5.69 Å². The molecule has 0 atom stereocenters. The van der Waals surface area contributed by atoms with E-state index in [9.17, 15) is 9.18 Å². The summed E-state index contributed by atoms with van der Waals surface area (Å²) in [4.78, 5) is 17.8. The van der Waals surface area contributed by atoms with Crippen LogP contribution >= 0.6 is 12.6 Å². The third kappa shape index (κ3) is 3.48. The maximum Gasteiger partial charge on any atom is 0.322 e. The second kappa shape index (κ2) is 6.38. The van der Waals surface area contributed by atoms with Crippen molar-refractivity contribution in [1.82, 2.24) is 10.3 Å². The molecule has 4 nitrogen and oxygen atoms in total. The van der Waals surface area contributed by atoms with Gasteiger partial charge in [0, 0.05) is 18.1 Å². The molecule has 1 N–H and O–H groups in total. The largest absolute Gasteiger partial charge is 0.332 e. The van der Waals surface area contributed by atoms with Gasteiger partial charge in [0.2, 0.25) is 0 Å². The van der Waals surface area contributed by atoms with Crippen LogP contribution in [-0.2, 0) is 6.54 Å². The molecule has 2 amide bonds. The summed E-state index contributed by atoms with van der Waals surface area (Å²) in [6.45, 7) is 0.288. The Morgan fingerprint density at radius 3 is 2.85 bits per heavy atom. The Morgan fingerprint density at radius 2 is 2.20 bits per heavy atom. The highest BCUT2D eigenvalue weighted by atomic mass is 32.1. The molecule has 1 heterocycles. The predicted octanol–water partition coefficient (Wildman–Crippen LogP) is 2.86. The fraction of sp³-hybridized carbons (Fsp3) is 0.143. The summed E-state index contributed by atoms with van der Waals surface area (Å²) >= 11 is 4.04. The maximum absolute atomic E-state index is 13.7. The highest BCUT2D eigenvalue weighted by Gasteiger charge is 2.14. The number of hydrogen-bond acceptors (Lipinski definition) is 3. The average molecular weight is 291 g/mol. The van der Waals surface area contributed by atoms with Crippen molar-refractivity contribution in [1.29, 1.82) is 0 Å². The lowest BCUT2D eigenvalue weighted by molar-refractivity contribution is 0.247. The predicted molar refractivity (Wildman–Crippen MR) is 78.5 cm³/mol. The first-order valence-electron chi connectivity index (χ1n) is 5.98. The van der Waals surface area contributed by atoms with Gasteiger partial charge in [0.15, 0.2) is 0 Å². The van der Waals surface area contributed by atoms with E-state index in [1.165, 1.54) is 24.1 Å². The standard InChI is InChI=1S/C14H14FN3OS/c1-18(13-6-5-11(20)8-12(13)15)14(19)17-9-10-4-2-3-7-16-10/h2-8,20H,9H2,1H3,(H,17,19). The Labute approximate surface area is 122 Å². The number of amides is 2. The van der Waals surface area contributed by atoms with Crippen molar-refractivity contribution in [2.75, 3.05) is 11.9 Å². The van der Waals surface area contributed by atoms with E-state index in [1.807, 2.05) is 6.07 Å². The van der Waals surface area contributed by atoms with Gasteiger partial charge in [0.05, 0.1) is 17.9 Å². The number of nitrogens with zero attached hydrogens (tertiary/aromatic N) is 2. The number of urea groups is 1. The lowest BCUT2D eigenvalue weighted by Crippen LogP contribution is -2.37. The second-order valence-corrected chi connectivity index (χ2v) is 4.69. The zero-order valence-corrected chi connectivity index (χ0v) is 11.8. The molecule has 0 aliphatic rings. The summed E-state index contributed by atoms with van der Waals surface area (Å²) in [5.74, 6) is -0.493. The van der Waals surface area contributed by atoms with Crippen molar-refractivity contribution in [2.45, 2.75) is 11.4 Å². The Balaban J connectivity index is 2.01. The molecular formula is C14H14FN3OS. The molecule has 0 unspecified atom stereocenters. The summed E-state index contributed by atoms with van der Waals surface area (Å²) in [6, 6.07) is 9.44. The van der Waals surface area contributed by atoms with Crippen LogP contribution in [0, 0.1) is 5.82 Å². The topological polar surface area (TPSA) is 45.2 Å². The SMILES string of the molecule is CN(C(=O)NCc1ccccn1)c1ccc(S)cc1F. The molecule has 0 spiro atoms. The zero-order chi connectivity index (χ0) is 14.5. The van der Waals surface area contributed by atoms with Crippen molar-refractivity contribution in [3.63, 3.8) is 0 Å². The van der Waals surface area contributed by atoms with E-state index in [-0.39, 0.29) is 12.2 Å². The van der Waals surface area contributed by atoms with Gasteiger partial charge in [-0.2, -0.15) is 0 Å². The van der Waals surface area contributed by atoms with Crippen LogP contribution in [0.5, 0.6) is 0 Å². The van der Waals surface area contributed by atoms with Gasteiger partial charge in [-0.1, -0.05) is 6.07 Å². The summed E-state index contributed by atoms with van der Waals surface area (Å²) < 4.78 is 13.7. The minimum absolute atomic E-state index is 0.196. The number of aromatic nitrogens is 1. The van der Waals surface area contributed by atoms with Gasteiger partial charge in [-0.3, -0.25) is 9.88 Å².